The van der Waals surface area contributed by atoms with Crippen LogP contribution in [0.2, 0.25) is 0 Å². The number of carboxylic acid groups (broad SMARTS) is 1. The maximum absolute atomic E-state index is 13.0. The van der Waals surface area contributed by atoms with Gasteiger partial charge in [0.15, 0.2) is 0 Å². The van der Waals surface area contributed by atoms with Crippen LogP contribution in [-0.2, 0) is 30.4 Å². The zero-order chi connectivity index (χ0) is 24.4. The van der Waals surface area contributed by atoms with Gasteiger partial charge >= 0.3 is 5.97 Å². The van der Waals surface area contributed by atoms with Gasteiger partial charge in [0, 0.05) is 12.2 Å². The first kappa shape index (κ1) is 26.1. The van der Waals surface area contributed by atoms with Crippen molar-refractivity contribution >= 4 is 42.2 Å². The van der Waals surface area contributed by atoms with Crippen LogP contribution < -0.4 is 27.0 Å². The molecule has 2 rings (SSSR count). The molecule has 33 heavy (non-hydrogen) atoms. The molecule has 180 valence electrons. The van der Waals surface area contributed by atoms with Gasteiger partial charge in [0.25, 0.3) is 0 Å². The highest BCUT2D eigenvalue weighted by Crippen LogP contribution is 2.08. The molecule has 4 amide bonds. The monoisotopic (exact) mass is 479 g/mol. The number of aliphatic carboxylic acids is 1. The van der Waals surface area contributed by atoms with E-state index >= 15 is 0 Å². The maximum atomic E-state index is 13.0. The highest BCUT2D eigenvalue weighted by Gasteiger charge is 2.32. The van der Waals surface area contributed by atoms with Crippen LogP contribution in [0, 0.1) is 0 Å². The molecule has 0 radical (unpaired) electrons. The molecular formula is C21H29N5O6S. The van der Waals surface area contributed by atoms with Gasteiger partial charge < -0.3 is 32.1 Å². The Kier molecular flexibility index (Phi) is 10.1. The van der Waals surface area contributed by atoms with Gasteiger partial charge in [-0.1, -0.05) is 30.3 Å². The summed E-state index contributed by atoms with van der Waals surface area (Å²) >= 11 is 3.93. The van der Waals surface area contributed by atoms with E-state index in [0.717, 1.165) is 6.42 Å². The van der Waals surface area contributed by atoms with Crippen LogP contribution in [0.3, 0.4) is 0 Å². The highest BCUT2D eigenvalue weighted by molar-refractivity contribution is 7.80. The van der Waals surface area contributed by atoms with Gasteiger partial charge in [-0.25, -0.2) is 4.79 Å². The van der Waals surface area contributed by atoms with E-state index in [-0.39, 0.29) is 12.2 Å². The molecule has 12 heteroatoms. The van der Waals surface area contributed by atoms with E-state index in [1.165, 1.54) is 0 Å². The topological polar surface area (TPSA) is 180 Å². The molecule has 7 N–H and O–H groups in total. The third-order valence-corrected chi connectivity index (χ3v) is 5.49. The highest BCUT2D eigenvalue weighted by atomic mass is 32.1. The Hall–Kier alpha value is -3.12. The standard InChI is InChI=1S/C21H29N5O6S/c22-17(27)10-15(25-18(28)13-7-4-8-23-13)20(30)24-14(9-12-5-2-1-3-6-12)19(29)26-16(11-33)21(31)32/h1-3,5-6,13-16,23,33H,4,7-11H2,(H2,22,27)(H,24,30)(H,25,28)(H,26,29)(H,31,32). The second kappa shape index (κ2) is 12.8. The number of nitrogens with two attached hydrogens (primary N) is 1. The van der Waals surface area contributed by atoms with Crippen molar-refractivity contribution in [2.75, 3.05) is 12.3 Å². The lowest BCUT2D eigenvalue weighted by molar-refractivity contribution is -0.141. The third-order valence-electron chi connectivity index (χ3n) is 5.13. The van der Waals surface area contributed by atoms with E-state index in [2.05, 4.69) is 33.9 Å². The molecule has 1 saturated heterocycles. The molecular weight excluding hydrogens is 450 g/mol. The Balaban J connectivity index is 2.17. The number of benzene rings is 1. The molecule has 0 bridgehead atoms. The number of carbonyl (C=O) groups excluding carboxylic acids is 4. The number of hydrogen-bond donors (Lipinski definition) is 7. The van der Waals surface area contributed by atoms with Crippen LogP contribution >= 0.6 is 12.6 Å². The lowest BCUT2D eigenvalue weighted by Crippen LogP contribution is -2.58. The first-order valence-corrected chi connectivity index (χ1v) is 11.1. The van der Waals surface area contributed by atoms with Crippen LogP contribution in [0.4, 0.5) is 0 Å². The largest absolute Gasteiger partial charge is 0.480 e. The zero-order valence-corrected chi connectivity index (χ0v) is 18.8. The first-order valence-electron chi connectivity index (χ1n) is 10.5. The van der Waals surface area contributed by atoms with Gasteiger partial charge in [0.2, 0.25) is 23.6 Å². The summed E-state index contributed by atoms with van der Waals surface area (Å²) in [6.07, 6.45) is 0.993. The van der Waals surface area contributed by atoms with E-state index < -0.39 is 60.2 Å². The molecule has 1 aliphatic rings. The summed E-state index contributed by atoms with van der Waals surface area (Å²) in [7, 11) is 0. The fraction of sp³-hybridized carbons (Fsp3) is 0.476. The average Bonchev–Trinajstić information content (AvgIpc) is 3.31. The molecule has 1 aliphatic heterocycles. The molecule has 0 spiro atoms. The number of carbonyl (C=O) groups is 5. The second-order valence-corrected chi connectivity index (χ2v) is 8.08. The van der Waals surface area contributed by atoms with E-state index in [1.54, 1.807) is 30.3 Å². The van der Waals surface area contributed by atoms with Gasteiger partial charge in [0.1, 0.15) is 18.1 Å². The first-order chi connectivity index (χ1) is 15.7. The number of primary amides is 1. The van der Waals surface area contributed by atoms with Gasteiger partial charge in [0.05, 0.1) is 12.5 Å². The number of thiol groups is 1. The minimum atomic E-state index is -1.29. The average molecular weight is 480 g/mol. The Morgan fingerprint density at radius 3 is 2.21 bits per heavy atom. The lowest BCUT2D eigenvalue weighted by atomic mass is 10.0. The van der Waals surface area contributed by atoms with Crippen molar-refractivity contribution in [2.45, 2.75) is 49.9 Å². The molecule has 11 nitrogen and oxygen atoms in total. The molecule has 4 atom stereocenters. The molecule has 1 fully saturated rings. The summed E-state index contributed by atoms with van der Waals surface area (Å²) < 4.78 is 0. The van der Waals surface area contributed by atoms with Gasteiger partial charge in [-0.2, -0.15) is 12.6 Å². The minimum Gasteiger partial charge on any atom is -0.480 e. The molecule has 1 aromatic carbocycles. The fourth-order valence-corrected chi connectivity index (χ4v) is 3.63. The Morgan fingerprint density at radius 2 is 1.67 bits per heavy atom. The minimum absolute atomic E-state index is 0.0543. The summed E-state index contributed by atoms with van der Waals surface area (Å²) in [6.45, 7) is 0.667. The van der Waals surface area contributed by atoms with Crippen LogP contribution in [0.1, 0.15) is 24.8 Å². The Labute approximate surface area is 196 Å². The van der Waals surface area contributed by atoms with Crippen LogP contribution in [0.25, 0.3) is 0 Å². The van der Waals surface area contributed by atoms with Crippen molar-refractivity contribution in [1.29, 1.82) is 0 Å². The van der Waals surface area contributed by atoms with E-state index in [4.69, 9.17) is 5.73 Å². The number of amides is 4. The van der Waals surface area contributed by atoms with Crippen molar-refractivity contribution in [3.63, 3.8) is 0 Å². The second-order valence-electron chi connectivity index (χ2n) is 7.71. The van der Waals surface area contributed by atoms with Crippen LogP contribution in [0.5, 0.6) is 0 Å². The SMILES string of the molecule is NC(=O)CC(NC(=O)C1CCCN1)C(=O)NC(Cc1ccccc1)C(=O)NC(CS)C(=O)O. The molecule has 1 heterocycles. The molecule has 0 aromatic heterocycles. The molecule has 1 aromatic rings. The summed E-state index contributed by atoms with van der Waals surface area (Å²) in [6, 6.07) is 4.59. The van der Waals surface area contributed by atoms with Crippen LogP contribution in [-0.4, -0.2) is 71.2 Å². The van der Waals surface area contributed by atoms with Crippen molar-refractivity contribution in [3.8, 4) is 0 Å². The lowest BCUT2D eigenvalue weighted by Gasteiger charge is -2.24. The molecule has 4 unspecified atom stereocenters. The van der Waals surface area contributed by atoms with Crippen molar-refractivity contribution in [3.05, 3.63) is 35.9 Å². The molecule has 0 saturated carbocycles. The van der Waals surface area contributed by atoms with Crippen molar-refractivity contribution in [2.24, 2.45) is 5.73 Å². The smallest absolute Gasteiger partial charge is 0.327 e. The number of hydrogen-bond acceptors (Lipinski definition) is 7. The number of carboxylic acids is 1. The maximum Gasteiger partial charge on any atom is 0.327 e. The summed E-state index contributed by atoms with van der Waals surface area (Å²) in [4.78, 5) is 61.0. The van der Waals surface area contributed by atoms with Gasteiger partial charge in [-0.15, -0.1) is 0 Å². The predicted octanol–water partition coefficient (Wildman–Crippen LogP) is -1.67. The summed E-state index contributed by atoms with van der Waals surface area (Å²) in [5.74, 6) is -4.20. The van der Waals surface area contributed by atoms with E-state index in [0.29, 0.717) is 18.5 Å². The van der Waals surface area contributed by atoms with Crippen molar-refractivity contribution in [1.82, 2.24) is 21.3 Å². The quantitative estimate of drug-likeness (QED) is 0.175. The number of nitrogens with one attached hydrogen (secondary N) is 4. The Bertz CT molecular complexity index is 862. The third kappa shape index (κ3) is 8.39. The Morgan fingerprint density at radius 1 is 1.03 bits per heavy atom. The van der Waals surface area contributed by atoms with Crippen LogP contribution in [0.15, 0.2) is 30.3 Å². The van der Waals surface area contributed by atoms with Gasteiger partial charge in [-0.05, 0) is 24.9 Å². The number of rotatable bonds is 12. The summed E-state index contributed by atoms with van der Waals surface area (Å²) in [5.41, 5.74) is 5.96. The zero-order valence-electron chi connectivity index (χ0n) is 18.0. The normalized spacial score (nSPS) is 17.9. The molecule has 0 aliphatic carbocycles. The fourth-order valence-electron chi connectivity index (χ4n) is 3.38. The predicted molar refractivity (Wildman–Crippen MR) is 122 cm³/mol. The van der Waals surface area contributed by atoms with E-state index in [9.17, 15) is 29.1 Å². The van der Waals surface area contributed by atoms with E-state index in [1.807, 2.05) is 0 Å². The van der Waals surface area contributed by atoms with Crippen molar-refractivity contribution < 1.29 is 29.1 Å². The van der Waals surface area contributed by atoms with Gasteiger partial charge in [-0.3, -0.25) is 19.2 Å². The summed E-state index contributed by atoms with van der Waals surface area (Å²) in [5, 5.41) is 19.6.